The molecule has 0 aliphatic carbocycles. The Hall–Kier alpha value is -2.64. The Kier molecular flexibility index (Phi) is 2.73. The number of hydrogen-bond acceptors (Lipinski definition) is 6. The van der Waals surface area contributed by atoms with Gasteiger partial charge in [-0.1, -0.05) is 0 Å². The monoisotopic (exact) mass is 286 g/mol. The molecule has 108 valence electrons. The number of nitrogens with one attached hydrogen (secondary N) is 2. The molecule has 0 spiro atoms. The number of H-pyrrole nitrogens is 2. The average Bonchev–Trinajstić information content (AvgIpc) is 3.15. The largest absolute Gasteiger partial charge is 0.460 e. The number of nitrogens with zero attached hydrogens (tertiary/aromatic N) is 4. The van der Waals surface area contributed by atoms with Gasteiger partial charge in [-0.05, 0) is 18.9 Å². The van der Waals surface area contributed by atoms with Gasteiger partial charge >= 0.3 is 5.69 Å². The van der Waals surface area contributed by atoms with E-state index in [2.05, 4.69) is 30.3 Å². The number of piperidine rings is 1. The molecule has 1 aliphatic heterocycles. The molecular weight excluding hydrogens is 272 g/mol. The van der Waals surface area contributed by atoms with Gasteiger partial charge in [-0.15, -0.1) is 5.10 Å². The molecule has 1 unspecified atom stereocenters. The van der Waals surface area contributed by atoms with E-state index in [1.807, 2.05) is 6.07 Å². The molecule has 3 aromatic heterocycles. The smallest absolute Gasteiger partial charge is 0.340 e. The maximum atomic E-state index is 11.2. The van der Waals surface area contributed by atoms with E-state index in [1.54, 1.807) is 12.5 Å². The Morgan fingerprint density at radius 1 is 1.43 bits per heavy atom. The number of aromatic amines is 2. The first kappa shape index (κ1) is 12.1. The van der Waals surface area contributed by atoms with Crippen molar-refractivity contribution in [2.45, 2.75) is 18.8 Å². The van der Waals surface area contributed by atoms with E-state index in [0.29, 0.717) is 5.82 Å². The SMILES string of the molecule is O=c1[nH]nc(C2CCCN(c3nncc4ccoc34)C2)[nH]1. The van der Waals surface area contributed by atoms with Crippen molar-refractivity contribution >= 4 is 16.8 Å². The van der Waals surface area contributed by atoms with E-state index < -0.39 is 0 Å². The zero-order valence-corrected chi connectivity index (χ0v) is 11.2. The lowest BCUT2D eigenvalue weighted by Crippen LogP contribution is -2.35. The summed E-state index contributed by atoms with van der Waals surface area (Å²) < 4.78 is 5.52. The predicted octanol–water partition coefficient (Wildman–Crippen LogP) is 1.02. The summed E-state index contributed by atoms with van der Waals surface area (Å²) in [6, 6.07) is 1.88. The highest BCUT2D eigenvalue weighted by Gasteiger charge is 2.26. The lowest BCUT2D eigenvalue weighted by molar-refractivity contribution is 0.486. The van der Waals surface area contributed by atoms with E-state index in [-0.39, 0.29) is 11.6 Å². The van der Waals surface area contributed by atoms with E-state index in [9.17, 15) is 4.79 Å². The van der Waals surface area contributed by atoms with Crippen molar-refractivity contribution < 1.29 is 4.42 Å². The molecule has 4 heterocycles. The molecule has 1 aliphatic rings. The Morgan fingerprint density at radius 2 is 2.38 bits per heavy atom. The number of anilines is 1. The van der Waals surface area contributed by atoms with Crippen LogP contribution in [0.4, 0.5) is 5.82 Å². The topological polar surface area (TPSA) is 104 Å². The Balaban J connectivity index is 1.66. The van der Waals surface area contributed by atoms with Gasteiger partial charge in [0.05, 0.1) is 12.5 Å². The van der Waals surface area contributed by atoms with Gasteiger partial charge in [0.1, 0.15) is 5.82 Å². The summed E-state index contributed by atoms with van der Waals surface area (Å²) in [5.74, 6) is 1.62. The van der Waals surface area contributed by atoms with Crippen LogP contribution in [-0.4, -0.2) is 38.5 Å². The van der Waals surface area contributed by atoms with Gasteiger partial charge in [0, 0.05) is 24.4 Å². The van der Waals surface area contributed by atoms with E-state index in [1.165, 1.54) is 0 Å². The van der Waals surface area contributed by atoms with E-state index in [4.69, 9.17) is 4.42 Å². The van der Waals surface area contributed by atoms with Gasteiger partial charge in [-0.25, -0.2) is 9.89 Å². The van der Waals surface area contributed by atoms with Crippen LogP contribution in [0.5, 0.6) is 0 Å². The Bertz CT molecular complexity index is 819. The van der Waals surface area contributed by atoms with Crippen molar-refractivity contribution in [3.05, 3.63) is 34.8 Å². The average molecular weight is 286 g/mol. The van der Waals surface area contributed by atoms with Crippen LogP contribution in [0, 0.1) is 0 Å². The number of hydrogen-bond donors (Lipinski definition) is 2. The normalized spacial score (nSPS) is 19.2. The first-order valence-electron chi connectivity index (χ1n) is 6.89. The fourth-order valence-corrected chi connectivity index (χ4v) is 2.87. The number of furan rings is 1. The molecule has 1 atom stereocenters. The number of fused-ring (bicyclic) bond motifs is 1. The number of aromatic nitrogens is 5. The molecular formula is C13H14N6O2. The van der Waals surface area contributed by atoms with Gasteiger partial charge in [0.25, 0.3) is 0 Å². The third-order valence-corrected chi connectivity index (χ3v) is 3.88. The molecule has 8 nitrogen and oxygen atoms in total. The minimum atomic E-state index is -0.268. The van der Waals surface area contributed by atoms with E-state index >= 15 is 0 Å². The highest BCUT2D eigenvalue weighted by Crippen LogP contribution is 2.30. The lowest BCUT2D eigenvalue weighted by atomic mass is 9.97. The van der Waals surface area contributed by atoms with Crippen LogP contribution in [0.3, 0.4) is 0 Å². The fraction of sp³-hybridized carbons (Fsp3) is 0.385. The maximum Gasteiger partial charge on any atom is 0.340 e. The van der Waals surface area contributed by atoms with Crippen molar-refractivity contribution in [3.8, 4) is 0 Å². The molecule has 0 aromatic carbocycles. The molecule has 4 rings (SSSR count). The van der Waals surface area contributed by atoms with Gasteiger partial charge < -0.3 is 9.32 Å². The molecule has 0 saturated carbocycles. The molecule has 0 radical (unpaired) electrons. The molecule has 0 amide bonds. The molecule has 2 N–H and O–H groups in total. The summed E-state index contributed by atoms with van der Waals surface area (Å²) in [6.45, 7) is 1.62. The summed E-state index contributed by atoms with van der Waals surface area (Å²) in [5, 5.41) is 15.6. The second kappa shape index (κ2) is 4.72. The van der Waals surface area contributed by atoms with Crippen LogP contribution >= 0.6 is 0 Å². The molecule has 3 aromatic rings. The third kappa shape index (κ3) is 2.08. The second-order valence-electron chi connectivity index (χ2n) is 5.22. The van der Waals surface area contributed by atoms with Crippen LogP contribution in [0.25, 0.3) is 11.0 Å². The van der Waals surface area contributed by atoms with Crippen molar-refractivity contribution in [1.29, 1.82) is 0 Å². The predicted molar refractivity (Wildman–Crippen MR) is 75.2 cm³/mol. The van der Waals surface area contributed by atoms with Crippen LogP contribution in [0.2, 0.25) is 0 Å². The minimum Gasteiger partial charge on any atom is -0.460 e. The zero-order chi connectivity index (χ0) is 14.2. The highest BCUT2D eigenvalue weighted by atomic mass is 16.3. The number of rotatable bonds is 2. The minimum absolute atomic E-state index is 0.171. The summed E-state index contributed by atoms with van der Waals surface area (Å²) in [6.07, 6.45) is 5.32. The third-order valence-electron chi connectivity index (χ3n) is 3.88. The van der Waals surface area contributed by atoms with Gasteiger partial charge in [0.15, 0.2) is 11.4 Å². The van der Waals surface area contributed by atoms with Gasteiger partial charge in [-0.3, -0.25) is 4.98 Å². The van der Waals surface area contributed by atoms with Crippen LogP contribution in [-0.2, 0) is 0 Å². The summed E-state index contributed by atoms with van der Waals surface area (Å²) in [4.78, 5) is 16.1. The zero-order valence-electron chi connectivity index (χ0n) is 11.2. The summed E-state index contributed by atoms with van der Waals surface area (Å²) in [7, 11) is 0. The Morgan fingerprint density at radius 3 is 3.24 bits per heavy atom. The van der Waals surface area contributed by atoms with Crippen molar-refractivity contribution in [2.75, 3.05) is 18.0 Å². The van der Waals surface area contributed by atoms with E-state index in [0.717, 1.165) is 42.7 Å². The first-order chi connectivity index (χ1) is 10.3. The van der Waals surface area contributed by atoms with Gasteiger partial charge in [-0.2, -0.15) is 10.2 Å². The van der Waals surface area contributed by atoms with Crippen LogP contribution < -0.4 is 10.6 Å². The van der Waals surface area contributed by atoms with Crippen molar-refractivity contribution in [3.63, 3.8) is 0 Å². The van der Waals surface area contributed by atoms with Crippen molar-refractivity contribution in [1.82, 2.24) is 25.4 Å². The molecule has 0 bridgehead atoms. The fourth-order valence-electron chi connectivity index (χ4n) is 2.87. The molecule has 8 heteroatoms. The highest BCUT2D eigenvalue weighted by molar-refractivity contribution is 5.86. The standard InChI is InChI=1S/C13H14N6O2/c20-13-15-11(16-18-13)9-2-1-4-19(7-9)12-10-8(3-5-21-10)6-14-17-12/h3,5-6,9H,1-2,4,7H2,(H2,15,16,18,20). The molecule has 1 fully saturated rings. The maximum absolute atomic E-state index is 11.2. The molecule has 21 heavy (non-hydrogen) atoms. The summed E-state index contributed by atoms with van der Waals surface area (Å²) in [5.41, 5.74) is 0.483. The Labute approximate surface area is 119 Å². The first-order valence-corrected chi connectivity index (χ1v) is 6.89. The second-order valence-corrected chi connectivity index (χ2v) is 5.22. The summed E-state index contributed by atoms with van der Waals surface area (Å²) >= 11 is 0. The van der Waals surface area contributed by atoms with Gasteiger partial charge in [0.2, 0.25) is 0 Å². The quantitative estimate of drug-likeness (QED) is 0.729. The van der Waals surface area contributed by atoms with Crippen LogP contribution in [0.1, 0.15) is 24.6 Å². The molecule has 1 saturated heterocycles. The lowest BCUT2D eigenvalue weighted by Gasteiger charge is -2.31. The van der Waals surface area contributed by atoms with Crippen molar-refractivity contribution in [2.24, 2.45) is 0 Å². The van der Waals surface area contributed by atoms with Crippen LogP contribution in [0.15, 0.2) is 27.7 Å².